The number of nitrogens with one attached hydrogen (secondary N) is 1. The minimum Gasteiger partial charge on any atom is -0.376 e. The summed E-state index contributed by atoms with van der Waals surface area (Å²) in [6.45, 7) is 1.57. The quantitative estimate of drug-likeness (QED) is 0.700. The van der Waals surface area contributed by atoms with Gasteiger partial charge in [0.2, 0.25) is 5.91 Å². The van der Waals surface area contributed by atoms with Gasteiger partial charge in [-0.2, -0.15) is 0 Å². The van der Waals surface area contributed by atoms with Gasteiger partial charge in [-0.1, -0.05) is 0 Å². The highest BCUT2D eigenvalue weighted by atomic mass is 16.5. The fraction of sp³-hybridized carbons (Fsp3) is 0.917. The minimum atomic E-state index is 0.0231. The third-order valence-corrected chi connectivity index (χ3v) is 3.79. The topological polar surface area (TPSA) is 67.6 Å². The number of fused-ring (bicyclic) bond motifs is 1. The van der Waals surface area contributed by atoms with Crippen molar-refractivity contribution >= 4 is 5.91 Å². The van der Waals surface area contributed by atoms with Crippen LogP contribution in [0.15, 0.2) is 0 Å². The van der Waals surface area contributed by atoms with Crippen LogP contribution >= 0.6 is 0 Å². The zero-order valence-electron chi connectivity index (χ0n) is 10.7. The molecule has 0 aromatic heterocycles. The molecule has 1 saturated heterocycles. The van der Waals surface area contributed by atoms with Gasteiger partial charge in [-0.05, 0) is 26.9 Å². The molecule has 0 aromatic rings. The number of carbonyl (C=O) groups is 1. The number of carbonyl (C=O) groups excluding carboxylic acids is 1. The van der Waals surface area contributed by atoms with Crippen molar-refractivity contribution in [3.05, 3.63) is 0 Å². The van der Waals surface area contributed by atoms with E-state index in [4.69, 9.17) is 10.5 Å². The number of amides is 1. The zero-order chi connectivity index (χ0) is 12.4. The van der Waals surface area contributed by atoms with E-state index in [-0.39, 0.29) is 24.1 Å². The molecule has 1 saturated carbocycles. The fourth-order valence-corrected chi connectivity index (χ4v) is 2.71. The first-order valence-corrected chi connectivity index (χ1v) is 6.41. The smallest absolute Gasteiger partial charge is 0.221 e. The van der Waals surface area contributed by atoms with Crippen molar-refractivity contribution in [2.45, 2.75) is 37.5 Å². The van der Waals surface area contributed by atoms with Crippen LogP contribution in [0.2, 0.25) is 0 Å². The number of nitrogens with zero attached hydrogens (tertiary/aromatic N) is 1. The molecule has 5 nitrogen and oxygen atoms in total. The first kappa shape index (κ1) is 12.8. The minimum absolute atomic E-state index is 0.0231. The van der Waals surface area contributed by atoms with Gasteiger partial charge in [0.05, 0.1) is 12.1 Å². The molecule has 4 atom stereocenters. The van der Waals surface area contributed by atoms with Crippen LogP contribution in [0.5, 0.6) is 0 Å². The van der Waals surface area contributed by atoms with Gasteiger partial charge in [-0.15, -0.1) is 0 Å². The van der Waals surface area contributed by atoms with Gasteiger partial charge in [0, 0.05) is 31.5 Å². The molecule has 0 spiro atoms. The summed E-state index contributed by atoms with van der Waals surface area (Å²) >= 11 is 0. The van der Waals surface area contributed by atoms with Gasteiger partial charge in [0.25, 0.3) is 0 Å². The van der Waals surface area contributed by atoms with Crippen LogP contribution in [0.3, 0.4) is 0 Å². The van der Waals surface area contributed by atoms with Crippen LogP contribution in [-0.4, -0.2) is 56.2 Å². The summed E-state index contributed by atoms with van der Waals surface area (Å²) in [5.74, 6) is 0.523. The monoisotopic (exact) mass is 241 g/mol. The summed E-state index contributed by atoms with van der Waals surface area (Å²) in [6, 6.07) is 0.0959. The zero-order valence-corrected chi connectivity index (χ0v) is 10.7. The van der Waals surface area contributed by atoms with Crippen molar-refractivity contribution in [2.75, 3.05) is 27.2 Å². The number of nitrogens with two attached hydrogens (primary N) is 1. The summed E-state index contributed by atoms with van der Waals surface area (Å²) in [5, 5.41) is 3.01. The molecule has 0 bridgehead atoms. The van der Waals surface area contributed by atoms with Gasteiger partial charge < -0.3 is 20.7 Å². The predicted octanol–water partition coefficient (Wildman–Crippen LogP) is -0.441. The van der Waals surface area contributed by atoms with E-state index in [2.05, 4.69) is 5.32 Å². The van der Waals surface area contributed by atoms with E-state index < -0.39 is 0 Å². The van der Waals surface area contributed by atoms with Gasteiger partial charge in [-0.3, -0.25) is 4.79 Å². The molecule has 0 aromatic carbocycles. The Labute approximate surface area is 103 Å². The Morgan fingerprint density at radius 1 is 1.53 bits per heavy atom. The highest BCUT2D eigenvalue weighted by Gasteiger charge is 2.50. The molecular weight excluding hydrogens is 218 g/mol. The third kappa shape index (κ3) is 2.78. The van der Waals surface area contributed by atoms with Gasteiger partial charge in [0.15, 0.2) is 0 Å². The molecule has 1 aliphatic heterocycles. The number of rotatable bonds is 4. The van der Waals surface area contributed by atoms with Crippen molar-refractivity contribution in [1.82, 2.24) is 10.2 Å². The van der Waals surface area contributed by atoms with Gasteiger partial charge in [0.1, 0.15) is 0 Å². The number of hydrogen-bond acceptors (Lipinski definition) is 4. The predicted molar refractivity (Wildman–Crippen MR) is 65.5 cm³/mol. The van der Waals surface area contributed by atoms with E-state index in [9.17, 15) is 4.79 Å². The maximum absolute atomic E-state index is 11.7. The highest BCUT2D eigenvalue weighted by Crippen LogP contribution is 2.36. The van der Waals surface area contributed by atoms with E-state index in [1.54, 1.807) is 0 Å². The number of hydrogen-bond donors (Lipinski definition) is 2. The molecule has 4 unspecified atom stereocenters. The molecule has 2 rings (SSSR count). The second kappa shape index (κ2) is 5.33. The summed E-state index contributed by atoms with van der Waals surface area (Å²) in [7, 11) is 3.92. The lowest BCUT2D eigenvalue weighted by atomic mass is 9.68. The lowest BCUT2D eigenvalue weighted by Crippen LogP contribution is -2.72. The second-order valence-electron chi connectivity index (χ2n) is 5.37. The fourth-order valence-electron chi connectivity index (χ4n) is 2.71. The van der Waals surface area contributed by atoms with Crippen LogP contribution in [0.25, 0.3) is 0 Å². The van der Waals surface area contributed by atoms with E-state index in [1.807, 2.05) is 19.0 Å². The van der Waals surface area contributed by atoms with E-state index >= 15 is 0 Å². The Morgan fingerprint density at radius 2 is 2.29 bits per heavy atom. The highest BCUT2D eigenvalue weighted by molar-refractivity contribution is 5.76. The summed E-state index contributed by atoms with van der Waals surface area (Å²) in [5.41, 5.74) is 6.08. The van der Waals surface area contributed by atoms with Crippen molar-refractivity contribution in [3.8, 4) is 0 Å². The molecule has 0 radical (unpaired) electrons. The molecule has 98 valence electrons. The standard InChI is InChI=1S/C12H23N3O2/c1-15(2)6-5-9(16)14-11-10(13)8-4-3-7-17-12(8)11/h8,10-12H,3-7,13H2,1-2H3,(H,14,16). The van der Waals surface area contributed by atoms with Crippen molar-refractivity contribution in [2.24, 2.45) is 11.7 Å². The first-order valence-electron chi connectivity index (χ1n) is 6.41. The Balaban J connectivity index is 1.77. The average molecular weight is 241 g/mol. The lowest BCUT2D eigenvalue weighted by Gasteiger charge is -2.52. The average Bonchev–Trinajstić information content (AvgIpc) is 2.33. The van der Waals surface area contributed by atoms with Crippen LogP contribution < -0.4 is 11.1 Å². The van der Waals surface area contributed by atoms with E-state index in [1.165, 1.54) is 0 Å². The Kier molecular flexibility index (Phi) is 4.01. The largest absolute Gasteiger partial charge is 0.376 e. The lowest BCUT2D eigenvalue weighted by molar-refractivity contribution is -0.139. The summed E-state index contributed by atoms with van der Waals surface area (Å²) in [6.07, 6.45) is 2.90. The Bertz CT molecular complexity index is 283. The maximum atomic E-state index is 11.7. The van der Waals surface area contributed by atoms with Crippen molar-refractivity contribution in [1.29, 1.82) is 0 Å². The maximum Gasteiger partial charge on any atom is 0.221 e. The van der Waals surface area contributed by atoms with Crippen LogP contribution in [0.1, 0.15) is 19.3 Å². The van der Waals surface area contributed by atoms with Crippen LogP contribution in [0.4, 0.5) is 0 Å². The molecule has 1 heterocycles. The summed E-state index contributed by atoms with van der Waals surface area (Å²) < 4.78 is 5.68. The normalized spacial score (nSPS) is 36.2. The molecular formula is C12H23N3O2. The van der Waals surface area contributed by atoms with Crippen molar-refractivity contribution in [3.63, 3.8) is 0 Å². The third-order valence-electron chi connectivity index (χ3n) is 3.79. The SMILES string of the molecule is CN(C)CCC(=O)NC1C(N)C2CCCOC21. The van der Waals surface area contributed by atoms with Crippen molar-refractivity contribution < 1.29 is 9.53 Å². The van der Waals surface area contributed by atoms with Gasteiger partial charge >= 0.3 is 0 Å². The Morgan fingerprint density at radius 3 is 3.00 bits per heavy atom. The van der Waals surface area contributed by atoms with Crippen LogP contribution in [0, 0.1) is 5.92 Å². The number of ether oxygens (including phenoxy) is 1. The molecule has 2 aliphatic rings. The van der Waals surface area contributed by atoms with E-state index in [0.717, 1.165) is 26.0 Å². The van der Waals surface area contributed by atoms with Gasteiger partial charge in [-0.25, -0.2) is 0 Å². The molecule has 5 heteroatoms. The van der Waals surface area contributed by atoms with E-state index in [0.29, 0.717) is 12.3 Å². The second-order valence-corrected chi connectivity index (χ2v) is 5.37. The molecule has 1 amide bonds. The molecule has 1 aliphatic carbocycles. The molecule has 2 fully saturated rings. The Hall–Kier alpha value is -0.650. The molecule has 17 heavy (non-hydrogen) atoms. The molecule has 3 N–H and O–H groups in total. The summed E-state index contributed by atoms with van der Waals surface area (Å²) in [4.78, 5) is 13.7. The first-order chi connectivity index (χ1) is 8.09. The van der Waals surface area contributed by atoms with Crippen LogP contribution in [-0.2, 0) is 9.53 Å².